The fraction of sp³-hybridized carbons (Fsp3) is 0.250. The number of aromatic amines is 3. The summed E-state index contributed by atoms with van der Waals surface area (Å²) in [5, 5.41) is 0.291. The third-order valence-corrected chi connectivity index (χ3v) is 4.23. The quantitative estimate of drug-likeness (QED) is 0.498. The van der Waals surface area contributed by atoms with Gasteiger partial charge >= 0.3 is 0 Å². The van der Waals surface area contributed by atoms with Crippen LogP contribution < -0.4 is 27.6 Å². The number of hydrogen-bond donors (Lipinski definition) is 4. The largest absolute Gasteiger partial charge is 0.398 e. The normalized spacial score (nSPS) is 13.3. The highest BCUT2D eigenvalue weighted by molar-refractivity contribution is 5.64. The molecule has 0 atom stereocenters. The molecule has 0 spiro atoms. The summed E-state index contributed by atoms with van der Waals surface area (Å²) in [4.78, 5) is 37.5. The Morgan fingerprint density at radius 1 is 1.04 bits per heavy atom. The van der Waals surface area contributed by atoms with Crippen molar-refractivity contribution in [2.24, 2.45) is 0 Å². The summed E-state index contributed by atoms with van der Waals surface area (Å²) < 4.78 is 0. The molecule has 0 aliphatic carbocycles. The van der Waals surface area contributed by atoms with Gasteiger partial charge in [-0.15, -0.1) is 0 Å². The highest BCUT2D eigenvalue weighted by atomic mass is 16.1. The molecule has 140 valence electrons. The fourth-order valence-electron chi connectivity index (χ4n) is 2.82. The number of benzene rings is 1. The maximum Gasteiger partial charge on any atom is 0.272 e. The monoisotopic (exact) mass is 365 g/mol. The van der Waals surface area contributed by atoms with E-state index in [4.69, 9.17) is 5.73 Å². The van der Waals surface area contributed by atoms with E-state index in [-0.39, 0.29) is 16.1 Å². The number of rotatable bonds is 2. The van der Waals surface area contributed by atoms with E-state index in [1.807, 2.05) is 39.8 Å². The first-order valence-electron chi connectivity index (χ1n) is 8.61. The molecule has 0 fully saturated rings. The number of hydrogen-bond acceptors (Lipinski definition) is 4. The zero-order chi connectivity index (χ0) is 19.8. The Kier molecular flexibility index (Phi) is 4.61. The average Bonchev–Trinajstić information content (AvgIpc) is 3.04. The molecule has 27 heavy (non-hydrogen) atoms. The van der Waals surface area contributed by atoms with Crippen LogP contribution in [0.3, 0.4) is 0 Å². The lowest BCUT2D eigenvalue weighted by molar-refractivity contribution is 0.571. The summed E-state index contributed by atoms with van der Waals surface area (Å²) in [7, 11) is 0. The van der Waals surface area contributed by atoms with Crippen LogP contribution in [0.2, 0.25) is 0 Å². The molecule has 0 bridgehead atoms. The molecule has 0 aliphatic rings. The smallest absolute Gasteiger partial charge is 0.272 e. The third-order valence-electron chi connectivity index (χ3n) is 4.23. The van der Waals surface area contributed by atoms with Crippen LogP contribution in [0.5, 0.6) is 0 Å². The molecular formula is C20H23N5O2. The minimum atomic E-state index is -0.408. The summed E-state index contributed by atoms with van der Waals surface area (Å²) in [6, 6.07) is 5.50. The molecular weight excluding hydrogens is 342 g/mol. The Labute approximate surface area is 155 Å². The SMILES string of the molecule is Cc1ccc(N)c(/C=c2\[nH]c(=O)/c(=C/c3nc[nH]c3C(C)(C)C)[nH]c2=O)c1. The predicted molar refractivity (Wildman–Crippen MR) is 107 cm³/mol. The number of nitrogens with one attached hydrogen (secondary N) is 3. The first kappa shape index (κ1) is 18.4. The van der Waals surface area contributed by atoms with Gasteiger partial charge in [-0.25, -0.2) is 4.98 Å². The van der Waals surface area contributed by atoms with Crippen molar-refractivity contribution < 1.29 is 0 Å². The Morgan fingerprint density at radius 3 is 2.30 bits per heavy atom. The van der Waals surface area contributed by atoms with Gasteiger partial charge in [0, 0.05) is 16.8 Å². The van der Waals surface area contributed by atoms with Gasteiger partial charge < -0.3 is 20.7 Å². The molecule has 2 heterocycles. The molecule has 0 amide bonds. The fourth-order valence-corrected chi connectivity index (χ4v) is 2.82. The van der Waals surface area contributed by atoms with Gasteiger partial charge in [-0.1, -0.05) is 32.4 Å². The van der Waals surface area contributed by atoms with E-state index in [0.29, 0.717) is 16.9 Å². The lowest BCUT2D eigenvalue weighted by atomic mass is 9.90. The number of anilines is 1. The maximum atomic E-state index is 12.5. The van der Waals surface area contributed by atoms with Crippen molar-refractivity contribution in [3.63, 3.8) is 0 Å². The number of nitrogens with zero attached hydrogens (tertiary/aromatic N) is 1. The molecule has 3 aromatic rings. The van der Waals surface area contributed by atoms with E-state index in [9.17, 15) is 9.59 Å². The van der Waals surface area contributed by atoms with Crippen molar-refractivity contribution in [3.8, 4) is 0 Å². The van der Waals surface area contributed by atoms with Crippen LogP contribution >= 0.6 is 0 Å². The lowest BCUT2D eigenvalue weighted by Crippen LogP contribution is -2.46. The van der Waals surface area contributed by atoms with Gasteiger partial charge in [0.2, 0.25) is 0 Å². The van der Waals surface area contributed by atoms with E-state index in [1.54, 1.807) is 24.5 Å². The van der Waals surface area contributed by atoms with E-state index < -0.39 is 11.1 Å². The van der Waals surface area contributed by atoms with E-state index in [0.717, 1.165) is 11.3 Å². The molecule has 0 radical (unpaired) electrons. The zero-order valence-corrected chi connectivity index (χ0v) is 15.8. The highest BCUT2D eigenvalue weighted by Crippen LogP contribution is 2.22. The standard InChI is InChI=1S/C20H23N5O2/c1-11-5-6-13(21)12(7-11)8-15-18(26)25-16(19(27)24-15)9-14-17(20(2,3)4)23-10-22-14/h5-10H,21H2,1-4H3,(H,22,23)(H,24,27)(H,25,26)/b15-8-,16-9-. The Bertz CT molecular complexity index is 1220. The number of nitrogen functional groups attached to an aromatic ring is 1. The maximum absolute atomic E-state index is 12.5. The van der Waals surface area contributed by atoms with Crippen LogP contribution in [-0.4, -0.2) is 19.9 Å². The lowest BCUT2D eigenvalue weighted by Gasteiger charge is -2.16. The van der Waals surface area contributed by atoms with Crippen LogP contribution in [0.1, 0.15) is 43.3 Å². The van der Waals surface area contributed by atoms with Gasteiger partial charge in [-0.05, 0) is 36.8 Å². The Hall–Kier alpha value is -3.35. The zero-order valence-electron chi connectivity index (χ0n) is 15.8. The molecule has 0 saturated carbocycles. The first-order valence-corrected chi connectivity index (χ1v) is 8.61. The van der Waals surface area contributed by atoms with Gasteiger partial charge in [-0.3, -0.25) is 9.59 Å². The minimum absolute atomic E-state index is 0.145. The van der Waals surface area contributed by atoms with Crippen molar-refractivity contribution in [2.45, 2.75) is 33.1 Å². The molecule has 7 heteroatoms. The predicted octanol–water partition coefficient (Wildman–Crippen LogP) is 0.632. The van der Waals surface area contributed by atoms with Gasteiger partial charge in [0.1, 0.15) is 10.7 Å². The van der Waals surface area contributed by atoms with Gasteiger partial charge in [-0.2, -0.15) is 0 Å². The number of aryl methyl sites for hydroxylation is 1. The second-order valence-corrected chi connectivity index (χ2v) is 7.57. The van der Waals surface area contributed by atoms with Gasteiger partial charge in [0.25, 0.3) is 11.1 Å². The number of imidazole rings is 1. The molecule has 0 aliphatic heterocycles. The number of H-pyrrole nitrogens is 3. The van der Waals surface area contributed by atoms with Crippen molar-refractivity contribution >= 4 is 17.8 Å². The second kappa shape index (κ2) is 6.75. The summed E-state index contributed by atoms with van der Waals surface area (Å²) in [5.74, 6) is 0. The van der Waals surface area contributed by atoms with E-state index in [1.165, 1.54) is 0 Å². The van der Waals surface area contributed by atoms with Gasteiger partial charge in [0.15, 0.2) is 0 Å². The van der Waals surface area contributed by atoms with Crippen molar-refractivity contribution in [1.82, 2.24) is 19.9 Å². The minimum Gasteiger partial charge on any atom is -0.398 e. The number of aromatic nitrogens is 4. The average molecular weight is 365 g/mol. The molecule has 5 N–H and O–H groups in total. The Morgan fingerprint density at radius 2 is 1.67 bits per heavy atom. The first-order chi connectivity index (χ1) is 12.6. The molecule has 0 saturated heterocycles. The second-order valence-electron chi connectivity index (χ2n) is 7.57. The molecule has 7 nitrogen and oxygen atoms in total. The highest BCUT2D eigenvalue weighted by Gasteiger charge is 2.19. The van der Waals surface area contributed by atoms with Crippen molar-refractivity contribution in [3.05, 3.63) is 78.4 Å². The molecule has 3 rings (SSSR count). The van der Waals surface area contributed by atoms with E-state index >= 15 is 0 Å². The van der Waals surface area contributed by atoms with E-state index in [2.05, 4.69) is 19.9 Å². The van der Waals surface area contributed by atoms with Gasteiger partial charge in [0.05, 0.1) is 12.0 Å². The van der Waals surface area contributed by atoms with Crippen LogP contribution in [0, 0.1) is 6.92 Å². The summed E-state index contributed by atoms with van der Waals surface area (Å²) >= 11 is 0. The summed E-state index contributed by atoms with van der Waals surface area (Å²) in [6.07, 6.45) is 4.71. The van der Waals surface area contributed by atoms with Crippen molar-refractivity contribution in [1.29, 1.82) is 0 Å². The summed E-state index contributed by atoms with van der Waals surface area (Å²) in [6.45, 7) is 8.04. The molecule has 1 aromatic carbocycles. The van der Waals surface area contributed by atoms with Crippen LogP contribution in [0.15, 0.2) is 34.1 Å². The third kappa shape index (κ3) is 3.92. The molecule has 0 unspecified atom stereocenters. The van der Waals surface area contributed by atoms with Crippen LogP contribution in [-0.2, 0) is 5.41 Å². The Balaban J connectivity index is 2.16. The molecule has 2 aromatic heterocycles. The topological polar surface area (TPSA) is 120 Å². The van der Waals surface area contributed by atoms with Crippen molar-refractivity contribution in [2.75, 3.05) is 5.73 Å². The number of nitrogens with two attached hydrogens (primary N) is 1. The van der Waals surface area contributed by atoms with Crippen LogP contribution in [0.4, 0.5) is 5.69 Å². The van der Waals surface area contributed by atoms with Crippen LogP contribution in [0.25, 0.3) is 12.2 Å². The summed E-state index contributed by atoms with van der Waals surface area (Å²) in [5.41, 5.74) is 8.67.